The number of rotatable bonds is 8. The fourth-order valence-corrected chi connectivity index (χ4v) is 11.9. The van der Waals surface area contributed by atoms with Gasteiger partial charge in [-0.05, 0) is 144 Å². The van der Waals surface area contributed by atoms with Gasteiger partial charge in [0.1, 0.15) is 0 Å². The van der Waals surface area contributed by atoms with Crippen molar-refractivity contribution in [3.63, 3.8) is 0 Å². The Morgan fingerprint density at radius 1 is 0.279 bits per heavy atom. The SMILES string of the molecule is CC1(c2ccccc2)c2ccccc2-c2ccc(N(c3ccc(-c4cccc(-c5cccc6ccccc56)c4)cc3)c3ccc4c(c3)C(c3ccccc3)(c3ccccc3)c3ccccc3-4)cc21. The highest BCUT2D eigenvalue weighted by atomic mass is 15.1. The average Bonchev–Trinajstić information content (AvgIpc) is 3.86. The van der Waals surface area contributed by atoms with Gasteiger partial charge in [-0.25, -0.2) is 0 Å². The van der Waals surface area contributed by atoms with Gasteiger partial charge in [-0.3, -0.25) is 0 Å². The second-order valence-electron chi connectivity index (χ2n) is 18.5. The van der Waals surface area contributed by atoms with E-state index in [0.29, 0.717) is 0 Å². The smallest absolute Gasteiger partial charge is 0.0714 e. The zero-order chi connectivity index (χ0) is 45.2. The fourth-order valence-electron chi connectivity index (χ4n) is 11.9. The highest BCUT2D eigenvalue weighted by Crippen LogP contribution is 2.58. The first-order valence-corrected chi connectivity index (χ1v) is 23.7. The molecule has 1 unspecified atom stereocenters. The van der Waals surface area contributed by atoms with Crippen LogP contribution < -0.4 is 4.90 Å². The summed E-state index contributed by atoms with van der Waals surface area (Å²) in [6.45, 7) is 2.41. The average molecular weight is 866 g/mol. The molecule has 0 bridgehead atoms. The molecule has 0 radical (unpaired) electrons. The van der Waals surface area contributed by atoms with E-state index in [4.69, 9.17) is 0 Å². The molecule has 2 aliphatic carbocycles. The molecule has 11 aromatic rings. The molecule has 1 atom stereocenters. The van der Waals surface area contributed by atoms with E-state index >= 15 is 0 Å². The van der Waals surface area contributed by atoms with E-state index in [0.717, 1.165) is 17.1 Å². The Morgan fingerprint density at radius 2 is 0.750 bits per heavy atom. The number of fused-ring (bicyclic) bond motifs is 7. The van der Waals surface area contributed by atoms with Crippen LogP contribution in [0.3, 0.4) is 0 Å². The number of benzene rings is 11. The normalized spacial score (nSPS) is 15.0. The monoisotopic (exact) mass is 865 g/mol. The molecule has 320 valence electrons. The molecule has 0 heterocycles. The maximum atomic E-state index is 2.48. The van der Waals surface area contributed by atoms with Gasteiger partial charge < -0.3 is 4.90 Å². The molecule has 13 rings (SSSR count). The molecule has 0 saturated carbocycles. The van der Waals surface area contributed by atoms with Crippen LogP contribution in [-0.4, -0.2) is 0 Å². The summed E-state index contributed by atoms with van der Waals surface area (Å²) >= 11 is 0. The molecule has 2 aliphatic rings. The van der Waals surface area contributed by atoms with Gasteiger partial charge in [0, 0.05) is 22.5 Å². The van der Waals surface area contributed by atoms with Gasteiger partial charge in [0.15, 0.2) is 0 Å². The standard InChI is InChI=1S/C67H47N/c1-66(50-23-5-2-6-24-50)62-33-15-13-30-58(62)60-41-39-54(44-64(60)66)68(53-37-35-46(36-38-53)48-21-17-22-49(43-48)57-32-18-20-47-19-11-12-29-56(47)57)55-40-42-61-59-31-14-16-34-63(59)67(65(61)45-55,51-25-7-3-8-26-51)52-27-9-4-10-28-52/h2-45H,1H3. The number of anilines is 3. The van der Waals surface area contributed by atoms with E-state index in [-0.39, 0.29) is 5.41 Å². The van der Waals surface area contributed by atoms with E-state index < -0.39 is 5.41 Å². The summed E-state index contributed by atoms with van der Waals surface area (Å²) in [6, 6.07) is 99.0. The summed E-state index contributed by atoms with van der Waals surface area (Å²) in [5.41, 5.74) is 21.4. The Hall–Kier alpha value is -8.52. The second-order valence-corrected chi connectivity index (χ2v) is 18.5. The van der Waals surface area contributed by atoms with Crippen LogP contribution >= 0.6 is 0 Å². The van der Waals surface area contributed by atoms with Gasteiger partial charge in [0.2, 0.25) is 0 Å². The predicted molar refractivity (Wildman–Crippen MR) is 284 cm³/mol. The zero-order valence-electron chi connectivity index (χ0n) is 37.9. The Kier molecular flexibility index (Phi) is 9.27. The van der Waals surface area contributed by atoms with Gasteiger partial charge >= 0.3 is 0 Å². The minimum absolute atomic E-state index is 0.344. The molecule has 0 aliphatic heterocycles. The van der Waals surface area contributed by atoms with Crippen LogP contribution in [0.15, 0.2) is 267 Å². The molecule has 0 fully saturated rings. The van der Waals surface area contributed by atoms with Crippen molar-refractivity contribution in [2.75, 3.05) is 4.90 Å². The van der Waals surface area contributed by atoms with Crippen molar-refractivity contribution < 1.29 is 0 Å². The molecule has 68 heavy (non-hydrogen) atoms. The van der Waals surface area contributed by atoms with Crippen LogP contribution in [0.4, 0.5) is 17.1 Å². The lowest BCUT2D eigenvalue weighted by Gasteiger charge is -2.35. The van der Waals surface area contributed by atoms with Crippen LogP contribution in [0.1, 0.15) is 45.9 Å². The molecule has 11 aromatic carbocycles. The van der Waals surface area contributed by atoms with Crippen LogP contribution in [-0.2, 0) is 10.8 Å². The molecule has 0 saturated heterocycles. The first-order valence-electron chi connectivity index (χ1n) is 23.7. The quantitative estimate of drug-likeness (QED) is 0.147. The lowest BCUT2D eigenvalue weighted by molar-refractivity contribution is 0.714. The molecule has 0 spiro atoms. The van der Waals surface area contributed by atoms with Gasteiger partial charge in [-0.1, -0.05) is 224 Å². The topological polar surface area (TPSA) is 3.24 Å². The second kappa shape index (κ2) is 15.8. The van der Waals surface area contributed by atoms with E-state index in [1.807, 2.05) is 0 Å². The van der Waals surface area contributed by atoms with Gasteiger partial charge in [0.05, 0.1) is 5.41 Å². The number of nitrogens with zero attached hydrogens (tertiary/aromatic N) is 1. The minimum atomic E-state index is -0.527. The summed E-state index contributed by atoms with van der Waals surface area (Å²) in [7, 11) is 0. The van der Waals surface area contributed by atoms with E-state index in [1.165, 1.54) is 94.2 Å². The van der Waals surface area contributed by atoms with Crippen molar-refractivity contribution in [1.29, 1.82) is 0 Å². The highest BCUT2D eigenvalue weighted by Gasteiger charge is 2.46. The van der Waals surface area contributed by atoms with E-state index in [9.17, 15) is 0 Å². The fraction of sp³-hybridized carbons (Fsp3) is 0.0448. The lowest BCUT2D eigenvalue weighted by Crippen LogP contribution is -2.28. The summed E-state index contributed by atoms with van der Waals surface area (Å²) in [4.78, 5) is 2.48. The van der Waals surface area contributed by atoms with Crippen LogP contribution in [0.25, 0.3) is 55.3 Å². The van der Waals surface area contributed by atoms with Crippen LogP contribution in [0.5, 0.6) is 0 Å². The number of hydrogen-bond acceptors (Lipinski definition) is 1. The van der Waals surface area contributed by atoms with Crippen molar-refractivity contribution >= 4 is 27.8 Å². The van der Waals surface area contributed by atoms with Crippen molar-refractivity contribution in [1.82, 2.24) is 0 Å². The molecule has 1 nitrogen and oxygen atoms in total. The van der Waals surface area contributed by atoms with Crippen molar-refractivity contribution in [3.8, 4) is 44.5 Å². The summed E-state index contributed by atoms with van der Waals surface area (Å²) in [5.74, 6) is 0. The van der Waals surface area contributed by atoms with Crippen LogP contribution in [0, 0.1) is 0 Å². The molecule has 0 N–H and O–H groups in total. The summed E-state index contributed by atoms with van der Waals surface area (Å²) in [6.07, 6.45) is 0. The zero-order valence-corrected chi connectivity index (χ0v) is 37.9. The molecular weight excluding hydrogens is 819 g/mol. The third-order valence-corrected chi connectivity index (χ3v) is 15.0. The maximum Gasteiger partial charge on any atom is 0.0714 e. The third-order valence-electron chi connectivity index (χ3n) is 15.0. The Labute approximate surface area is 398 Å². The molecule has 1 heteroatoms. The minimum Gasteiger partial charge on any atom is -0.310 e. The van der Waals surface area contributed by atoms with Crippen LogP contribution in [0.2, 0.25) is 0 Å². The lowest BCUT2D eigenvalue weighted by atomic mass is 9.67. The Balaban J connectivity index is 1.01. The largest absolute Gasteiger partial charge is 0.310 e. The van der Waals surface area contributed by atoms with E-state index in [1.54, 1.807) is 0 Å². The van der Waals surface area contributed by atoms with Crippen molar-refractivity contribution in [2.45, 2.75) is 17.8 Å². The first-order chi connectivity index (χ1) is 33.6. The van der Waals surface area contributed by atoms with Gasteiger partial charge in [-0.15, -0.1) is 0 Å². The van der Waals surface area contributed by atoms with Crippen molar-refractivity contribution in [3.05, 3.63) is 306 Å². The molecule has 0 amide bonds. The highest BCUT2D eigenvalue weighted by molar-refractivity contribution is 5.97. The molecule has 0 aromatic heterocycles. The van der Waals surface area contributed by atoms with Crippen molar-refractivity contribution in [2.24, 2.45) is 0 Å². The Morgan fingerprint density at radius 3 is 1.44 bits per heavy atom. The first kappa shape index (κ1) is 39.8. The third kappa shape index (κ3) is 6.02. The Bertz CT molecular complexity index is 3640. The van der Waals surface area contributed by atoms with Gasteiger partial charge in [-0.2, -0.15) is 0 Å². The number of hydrogen-bond donors (Lipinski definition) is 0. The molecular formula is C67H47N. The summed E-state index contributed by atoms with van der Waals surface area (Å²) < 4.78 is 0. The predicted octanol–water partition coefficient (Wildman–Crippen LogP) is 17.3. The summed E-state index contributed by atoms with van der Waals surface area (Å²) in [5, 5.41) is 2.51. The maximum absolute atomic E-state index is 2.48. The van der Waals surface area contributed by atoms with Gasteiger partial charge in [0.25, 0.3) is 0 Å². The van der Waals surface area contributed by atoms with E-state index in [2.05, 4.69) is 279 Å².